The van der Waals surface area contributed by atoms with Gasteiger partial charge in [-0.05, 0) is 40.8 Å². The molecule has 0 unspecified atom stereocenters. The van der Waals surface area contributed by atoms with Crippen LogP contribution in [0.15, 0.2) is 83.8 Å². The highest BCUT2D eigenvalue weighted by molar-refractivity contribution is 7.89. The smallest absolute Gasteiger partial charge is 0.243 e. The molecule has 0 spiro atoms. The molecule has 0 amide bonds. The van der Waals surface area contributed by atoms with Crippen molar-refractivity contribution in [1.82, 2.24) is 4.31 Å². The van der Waals surface area contributed by atoms with Crippen LogP contribution in [0.1, 0.15) is 36.5 Å². The molecule has 0 radical (unpaired) electrons. The second kappa shape index (κ2) is 9.25. The van der Waals surface area contributed by atoms with Crippen molar-refractivity contribution in [2.45, 2.75) is 37.8 Å². The zero-order valence-corrected chi connectivity index (χ0v) is 17.9. The molecule has 0 aliphatic heterocycles. The third-order valence-electron chi connectivity index (χ3n) is 4.86. The fraction of sp³-hybridized carbons (Fsp3) is 0.250. The highest BCUT2D eigenvalue weighted by Gasteiger charge is 2.26. The van der Waals surface area contributed by atoms with Crippen LogP contribution in [-0.2, 0) is 23.1 Å². The third kappa shape index (κ3) is 5.05. The Morgan fingerprint density at radius 3 is 1.79 bits per heavy atom. The quantitative estimate of drug-likeness (QED) is 0.513. The molecule has 0 fully saturated rings. The van der Waals surface area contributed by atoms with Crippen molar-refractivity contribution in [3.63, 3.8) is 0 Å². The molecule has 152 valence electrons. The Kier molecular flexibility index (Phi) is 6.72. The number of nitrogens with zero attached hydrogens (tertiary/aromatic N) is 1. The SMILES string of the molecule is COc1ccc(S(=O)(=O)N(Cc2ccccc2)Cc2ccccc2)cc1C(C)C. The molecule has 29 heavy (non-hydrogen) atoms. The minimum atomic E-state index is -3.70. The second-order valence-electron chi connectivity index (χ2n) is 7.30. The number of sulfonamides is 1. The van der Waals surface area contributed by atoms with Gasteiger partial charge in [-0.1, -0.05) is 74.5 Å². The lowest BCUT2D eigenvalue weighted by Gasteiger charge is -2.23. The van der Waals surface area contributed by atoms with Crippen LogP contribution in [0.25, 0.3) is 0 Å². The first-order valence-corrected chi connectivity index (χ1v) is 11.1. The van der Waals surface area contributed by atoms with E-state index < -0.39 is 10.0 Å². The van der Waals surface area contributed by atoms with Crippen molar-refractivity contribution in [3.8, 4) is 5.75 Å². The first-order chi connectivity index (χ1) is 13.9. The Balaban J connectivity index is 2.02. The molecule has 0 aliphatic rings. The highest BCUT2D eigenvalue weighted by Crippen LogP contribution is 2.31. The van der Waals surface area contributed by atoms with E-state index in [1.807, 2.05) is 74.5 Å². The minimum absolute atomic E-state index is 0.150. The van der Waals surface area contributed by atoms with Gasteiger partial charge in [0.2, 0.25) is 10.0 Å². The normalized spacial score (nSPS) is 11.8. The largest absolute Gasteiger partial charge is 0.496 e. The second-order valence-corrected chi connectivity index (χ2v) is 9.24. The van der Waals surface area contributed by atoms with Gasteiger partial charge in [0.25, 0.3) is 0 Å². The summed E-state index contributed by atoms with van der Waals surface area (Å²) in [5.41, 5.74) is 2.78. The summed E-state index contributed by atoms with van der Waals surface area (Å²) >= 11 is 0. The van der Waals surface area contributed by atoms with E-state index >= 15 is 0 Å². The molecule has 3 aromatic rings. The van der Waals surface area contributed by atoms with Gasteiger partial charge in [-0.25, -0.2) is 8.42 Å². The minimum Gasteiger partial charge on any atom is -0.496 e. The molecule has 5 heteroatoms. The van der Waals surface area contributed by atoms with E-state index in [9.17, 15) is 8.42 Å². The summed E-state index contributed by atoms with van der Waals surface area (Å²) < 4.78 is 34.2. The van der Waals surface area contributed by atoms with E-state index in [2.05, 4.69) is 0 Å². The molecule has 3 rings (SSSR count). The topological polar surface area (TPSA) is 46.6 Å². The van der Waals surface area contributed by atoms with Crippen LogP contribution in [-0.4, -0.2) is 19.8 Å². The van der Waals surface area contributed by atoms with Crippen LogP contribution in [0, 0.1) is 0 Å². The number of rotatable bonds is 8. The van der Waals surface area contributed by atoms with E-state index in [4.69, 9.17) is 4.74 Å². The molecule has 0 heterocycles. The highest BCUT2D eigenvalue weighted by atomic mass is 32.2. The van der Waals surface area contributed by atoms with Crippen molar-refractivity contribution in [1.29, 1.82) is 0 Å². The van der Waals surface area contributed by atoms with Crippen molar-refractivity contribution >= 4 is 10.0 Å². The Labute approximate surface area is 173 Å². The van der Waals surface area contributed by atoms with E-state index in [1.165, 1.54) is 4.31 Å². The summed E-state index contributed by atoms with van der Waals surface area (Å²) in [6.45, 7) is 4.67. The molecule has 0 N–H and O–H groups in total. The Bertz CT molecular complexity index is 991. The first-order valence-electron chi connectivity index (χ1n) is 9.67. The summed E-state index contributed by atoms with van der Waals surface area (Å²) in [5.74, 6) is 0.855. The van der Waals surface area contributed by atoms with Gasteiger partial charge in [-0.3, -0.25) is 0 Å². The van der Waals surface area contributed by atoms with Crippen LogP contribution in [0.4, 0.5) is 0 Å². The lowest BCUT2D eigenvalue weighted by atomic mass is 10.0. The first kappa shape index (κ1) is 21.1. The molecule has 0 bridgehead atoms. The van der Waals surface area contributed by atoms with Gasteiger partial charge < -0.3 is 4.74 Å². The van der Waals surface area contributed by atoms with Crippen molar-refractivity contribution in [2.75, 3.05) is 7.11 Å². The number of hydrogen-bond donors (Lipinski definition) is 0. The molecule has 4 nitrogen and oxygen atoms in total. The molecule has 0 saturated heterocycles. The average Bonchev–Trinajstić information content (AvgIpc) is 2.74. The lowest BCUT2D eigenvalue weighted by molar-refractivity contribution is 0.399. The van der Waals surface area contributed by atoms with E-state index in [-0.39, 0.29) is 10.8 Å². The zero-order chi connectivity index (χ0) is 20.9. The van der Waals surface area contributed by atoms with Gasteiger partial charge in [-0.15, -0.1) is 0 Å². The lowest BCUT2D eigenvalue weighted by Crippen LogP contribution is -2.30. The maximum Gasteiger partial charge on any atom is 0.243 e. The van der Waals surface area contributed by atoms with Crippen LogP contribution < -0.4 is 4.74 Å². The van der Waals surface area contributed by atoms with Crippen LogP contribution in [0.2, 0.25) is 0 Å². The molecule has 3 aromatic carbocycles. The Morgan fingerprint density at radius 2 is 1.34 bits per heavy atom. The van der Waals surface area contributed by atoms with Gasteiger partial charge >= 0.3 is 0 Å². The molecule has 0 saturated carbocycles. The van der Waals surface area contributed by atoms with Crippen LogP contribution in [0.5, 0.6) is 5.75 Å². The summed E-state index contributed by atoms with van der Waals surface area (Å²) in [5, 5.41) is 0. The van der Waals surface area contributed by atoms with Crippen LogP contribution >= 0.6 is 0 Å². The van der Waals surface area contributed by atoms with E-state index in [0.29, 0.717) is 18.8 Å². The van der Waals surface area contributed by atoms with E-state index in [0.717, 1.165) is 16.7 Å². The van der Waals surface area contributed by atoms with Crippen molar-refractivity contribution < 1.29 is 13.2 Å². The zero-order valence-electron chi connectivity index (χ0n) is 17.1. The molecular weight excluding hydrogens is 382 g/mol. The van der Waals surface area contributed by atoms with Gasteiger partial charge in [0, 0.05) is 13.1 Å². The number of hydrogen-bond acceptors (Lipinski definition) is 3. The molecular formula is C24H27NO3S. The Hall–Kier alpha value is -2.63. The number of benzene rings is 3. The molecule has 0 aliphatic carbocycles. The fourth-order valence-electron chi connectivity index (χ4n) is 3.27. The average molecular weight is 410 g/mol. The fourth-order valence-corrected chi connectivity index (χ4v) is 4.73. The summed E-state index contributed by atoms with van der Waals surface area (Å²) in [6.07, 6.45) is 0. The summed E-state index contributed by atoms with van der Waals surface area (Å²) in [6, 6.07) is 24.4. The van der Waals surface area contributed by atoms with Crippen molar-refractivity contribution in [2.24, 2.45) is 0 Å². The predicted molar refractivity (Wildman–Crippen MR) is 116 cm³/mol. The summed E-state index contributed by atoms with van der Waals surface area (Å²) in [4.78, 5) is 0.286. The van der Waals surface area contributed by atoms with Crippen molar-refractivity contribution in [3.05, 3.63) is 95.6 Å². The number of methoxy groups -OCH3 is 1. The maximum absolute atomic E-state index is 13.6. The standard InChI is InChI=1S/C24H27NO3S/c1-19(2)23-16-22(14-15-24(23)28-3)29(26,27)25(17-20-10-6-4-7-11-20)18-21-12-8-5-9-13-21/h4-16,19H,17-18H2,1-3H3. The van der Waals surface area contributed by atoms with Gasteiger partial charge in [0.1, 0.15) is 5.75 Å². The van der Waals surface area contributed by atoms with Crippen LogP contribution in [0.3, 0.4) is 0 Å². The molecule has 0 aromatic heterocycles. The van der Waals surface area contributed by atoms with Gasteiger partial charge in [0.05, 0.1) is 12.0 Å². The van der Waals surface area contributed by atoms with Gasteiger partial charge in [-0.2, -0.15) is 4.31 Å². The maximum atomic E-state index is 13.6. The van der Waals surface area contributed by atoms with E-state index in [1.54, 1.807) is 25.3 Å². The molecule has 0 atom stereocenters. The Morgan fingerprint density at radius 1 is 0.828 bits per heavy atom. The monoisotopic (exact) mass is 409 g/mol. The van der Waals surface area contributed by atoms with Gasteiger partial charge in [0.15, 0.2) is 0 Å². The number of ether oxygens (including phenoxy) is 1. The third-order valence-corrected chi connectivity index (χ3v) is 6.65. The predicted octanol–water partition coefficient (Wildman–Crippen LogP) is 5.21. The summed E-state index contributed by atoms with van der Waals surface area (Å²) in [7, 11) is -2.10.